The summed E-state index contributed by atoms with van der Waals surface area (Å²) in [6.07, 6.45) is -0.126. The van der Waals surface area contributed by atoms with Crippen LogP contribution in [0.1, 0.15) is 23.2 Å². The van der Waals surface area contributed by atoms with E-state index < -0.39 is 17.7 Å². The lowest BCUT2D eigenvalue weighted by Crippen LogP contribution is -2.23. The van der Waals surface area contributed by atoms with Crippen molar-refractivity contribution in [3.8, 4) is 11.3 Å². The first-order valence-corrected chi connectivity index (χ1v) is 9.16. The standard InChI is InChI=1S/C19H16F4N6/c20-13-4-14-11(6-25-28-14)15-9-2-1-8(5-24)3-10(9)16(27-17(13)15)12-7-26-29-18(12)19(21,22)23/h4,6-8H,1-3,5,24H2,(H,25,28)(H,26,29). The molecule has 6 nitrogen and oxygen atoms in total. The van der Waals surface area contributed by atoms with Crippen molar-refractivity contribution in [2.75, 3.05) is 6.54 Å². The quantitative estimate of drug-likeness (QED) is 0.444. The molecule has 1 aliphatic carbocycles. The van der Waals surface area contributed by atoms with Crippen molar-refractivity contribution in [2.24, 2.45) is 11.7 Å². The lowest BCUT2D eigenvalue weighted by atomic mass is 9.80. The van der Waals surface area contributed by atoms with Crippen LogP contribution in [-0.2, 0) is 19.0 Å². The maximum atomic E-state index is 14.9. The molecule has 3 heterocycles. The molecule has 4 aromatic rings. The summed E-state index contributed by atoms with van der Waals surface area (Å²) in [7, 11) is 0. The number of fused-ring (bicyclic) bond motifs is 5. The Hall–Kier alpha value is -3.01. The van der Waals surface area contributed by atoms with Crippen LogP contribution in [0.5, 0.6) is 0 Å². The normalized spacial score (nSPS) is 17.2. The van der Waals surface area contributed by atoms with Crippen LogP contribution in [0.4, 0.5) is 17.6 Å². The van der Waals surface area contributed by atoms with Gasteiger partial charge in [0.05, 0.1) is 29.2 Å². The first-order valence-electron chi connectivity index (χ1n) is 9.16. The van der Waals surface area contributed by atoms with E-state index in [0.29, 0.717) is 41.2 Å². The summed E-state index contributed by atoms with van der Waals surface area (Å²) in [6, 6.07) is 1.26. The third-order valence-corrected chi connectivity index (χ3v) is 5.65. The Labute approximate surface area is 161 Å². The molecule has 1 unspecified atom stereocenters. The fraction of sp³-hybridized carbons (Fsp3) is 0.316. The number of nitrogens with two attached hydrogens (primary N) is 1. The molecule has 0 spiro atoms. The molecule has 0 saturated carbocycles. The van der Waals surface area contributed by atoms with Crippen molar-refractivity contribution >= 4 is 21.8 Å². The van der Waals surface area contributed by atoms with Crippen LogP contribution in [-0.4, -0.2) is 31.9 Å². The number of pyridine rings is 1. The van der Waals surface area contributed by atoms with E-state index in [1.165, 1.54) is 6.07 Å². The number of nitrogens with zero attached hydrogens (tertiary/aromatic N) is 3. The van der Waals surface area contributed by atoms with Gasteiger partial charge in [-0.2, -0.15) is 23.4 Å². The van der Waals surface area contributed by atoms with Crippen LogP contribution in [0.3, 0.4) is 0 Å². The second-order valence-corrected chi connectivity index (χ2v) is 7.33. The van der Waals surface area contributed by atoms with Crippen molar-refractivity contribution in [1.82, 2.24) is 25.4 Å². The minimum absolute atomic E-state index is 0.0353. The molecule has 0 radical (unpaired) electrons. The highest BCUT2D eigenvalue weighted by Gasteiger charge is 2.38. The van der Waals surface area contributed by atoms with Crippen molar-refractivity contribution in [3.63, 3.8) is 0 Å². The molecule has 29 heavy (non-hydrogen) atoms. The summed E-state index contributed by atoms with van der Waals surface area (Å²) < 4.78 is 55.4. The Bertz CT molecular complexity index is 1240. The molecule has 0 aliphatic heterocycles. The number of hydrogen-bond donors (Lipinski definition) is 3. The number of aryl methyl sites for hydroxylation is 1. The van der Waals surface area contributed by atoms with E-state index in [9.17, 15) is 17.6 Å². The monoisotopic (exact) mass is 404 g/mol. The molecule has 0 amide bonds. The fourth-order valence-corrected chi connectivity index (χ4v) is 4.28. The van der Waals surface area contributed by atoms with E-state index in [4.69, 9.17) is 5.73 Å². The zero-order valence-corrected chi connectivity index (χ0v) is 15.1. The van der Waals surface area contributed by atoms with Crippen LogP contribution < -0.4 is 5.73 Å². The number of aromatic amines is 2. The molecule has 1 aliphatic rings. The lowest BCUT2D eigenvalue weighted by Gasteiger charge is -2.27. The van der Waals surface area contributed by atoms with Gasteiger partial charge < -0.3 is 5.73 Å². The number of alkyl halides is 3. The van der Waals surface area contributed by atoms with Crippen molar-refractivity contribution in [2.45, 2.75) is 25.4 Å². The second kappa shape index (κ2) is 6.24. The summed E-state index contributed by atoms with van der Waals surface area (Å²) in [5.41, 5.74) is 6.80. The third kappa shape index (κ3) is 2.70. The van der Waals surface area contributed by atoms with E-state index in [-0.39, 0.29) is 22.7 Å². The lowest BCUT2D eigenvalue weighted by molar-refractivity contribution is -0.140. The minimum Gasteiger partial charge on any atom is -0.330 e. The van der Waals surface area contributed by atoms with Gasteiger partial charge in [-0.15, -0.1) is 0 Å². The number of rotatable bonds is 2. The van der Waals surface area contributed by atoms with Crippen LogP contribution >= 0.6 is 0 Å². The molecule has 0 bridgehead atoms. The van der Waals surface area contributed by atoms with E-state index >= 15 is 0 Å². The molecule has 0 saturated heterocycles. The summed E-state index contributed by atoms with van der Waals surface area (Å²) >= 11 is 0. The van der Waals surface area contributed by atoms with Crippen LogP contribution in [0.25, 0.3) is 33.1 Å². The number of benzene rings is 1. The molecule has 10 heteroatoms. The largest absolute Gasteiger partial charge is 0.433 e. The third-order valence-electron chi connectivity index (χ3n) is 5.65. The highest BCUT2D eigenvalue weighted by molar-refractivity contribution is 6.08. The van der Waals surface area contributed by atoms with Crippen molar-refractivity contribution in [1.29, 1.82) is 0 Å². The van der Waals surface area contributed by atoms with Crippen molar-refractivity contribution in [3.05, 3.63) is 41.1 Å². The summed E-state index contributed by atoms with van der Waals surface area (Å²) in [4.78, 5) is 4.39. The molecular weight excluding hydrogens is 388 g/mol. The number of H-pyrrole nitrogens is 2. The average Bonchev–Trinajstić information content (AvgIpc) is 3.35. The number of halogens is 4. The smallest absolute Gasteiger partial charge is 0.330 e. The number of aromatic nitrogens is 5. The van der Waals surface area contributed by atoms with Gasteiger partial charge in [-0.1, -0.05) is 0 Å². The van der Waals surface area contributed by atoms with E-state index in [0.717, 1.165) is 18.2 Å². The van der Waals surface area contributed by atoms with Crippen LogP contribution in [0.15, 0.2) is 18.5 Å². The van der Waals surface area contributed by atoms with Gasteiger partial charge in [0.15, 0.2) is 5.82 Å². The molecule has 3 aromatic heterocycles. The van der Waals surface area contributed by atoms with Gasteiger partial charge in [0.25, 0.3) is 0 Å². The van der Waals surface area contributed by atoms with E-state index in [1.807, 2.05) is 5.10 Å². The first-order chi connectivity index (χ1) is 13.9. The summed E-state index contributed by atoms with van der Waals surface area (Å²) in [6.45, 7) is 0.415. The molecule has 150 valence electrons. The molecule has 5 rings (SSSR count). The maximum absolute atomic E-state index is 14.9. The van der Waals surface area contributed by atoms with Gasteiger partial charge in [-0.25, -0.2) is 9.37 Å². The summed E-state index contributed by atoms with van der Waals surface area (Å²) in [5.74, 6) is -0.492. The Morgan fingerprint density at radius 1 is 1.14 bits per heavy atom. The van der Waals surface area contributed by atoms with Crippen molar-refractivity contribution < 1.29 is 17.6 Å². The zero-order valence-electron chi connectivity index (χ0n) is 15.1. The molecule has 1 atom stereocenters. The maximum Gasteiger partial charge on any atom is 0.433 e. The first kappa shape index (κ1) is 18.0. The minimum atomic E-state index is -4.63. The summed E-state index contributed by atoms with van der Waals surface area (Å²) in [5, 5.41) is 13.6. The van der Waals surface area contributed by atoms with E-state index in [2.05, 4.69) is 20.3 Å². The zero-order chi connectivity index (χ0) is 20.3. The van der Waals surface area contributed by atoms with Gasteiger partial charge in [0.1, 0.15) is 11.2 Å². The molecule has 0 fully saturated rings. The Morgan fingerprint density at radius 2 is 1.93 bits per heavy atom. The Morgan fingerprint density at radius 3 is 2.69 bits per heavy atom. The molecule has 4 N–H and O–H groups in total. The number of nitrogens with one attached hydrogen (secondary N) is 2. The highest BCUT2D eigenvalue weighted by atomic mass is 19.4. The Kier molecular flexibility index (Phi) is 3.89. The second-order valence-electron chi connectivity index (χ2n) is 7.33. The van der Waals surface area contributed by atoms with Gasteiger partial charge in [0.2, 0.25) is 0 Å². The molecule has 1 aromatic carbocycles. The highest BCUT2D eigenvalue weighted by Crippen LogP contribution is 2.42. The van der Waals surface area contributed by atoms with Gasteiger partial charge in [-0.3, -0.25) is 10.2 Å². The molecular formula is C19H16F4N6. The van der Waals surface area contributed by atoms with Crippen LogP contribution in [0.2, 0.25) is 0 Å². The fourth-order valence-electron chi connectivity index (χ4n) is 4.28. The average molecular weight is 404 g/mol. The van der Waals surface area contributed by atoms with Crippen LogP contribution in [0, 0.1) is 11.7 Å². The van der Waals surface area contributed by atoms with Gasteiger partial charge in [-0.05, 0) is 42.9 Å². The predicted octanol–water partition coefficient (Wildman–Crippen LogP) is 3.72. The van der Waals surface area contributed by atoms with Gasteiger partial charge in [0, 0.05) is 16.8 Å². The van der Waals surface area contributed by atoms with Gasteiger partial charge >= 0.3 is 6.18 Å². The topological polar surface area (TPSA) is 96.3 Å². The van der Waals surface area contributed by atoms with E-state index in [1.54, 1.807) is 6.20 Å². The number of hydrogen-bond acceptors (Lipinski definition) is 4. The Balaban J connectivity index is 1.89. The predicted molar refractivity (Wildman–Crippen MR) is 98.5 cm³/mol. The SMILES string of the molecule is NCC1CCc2c(c(-c3cn[nH]c3C(F)(F)F)nc3c(F)cc4[nH]ncc4c23)C1.